The van der Waals surface area contributed by atoms with Gasteiger partial charge in [-0.15, -0.1) is 0 Å². The first kappa shape index (κ1) is 22.3. The molecule has 164 valence electrons. The van der Waals surface area contributed by atoms with E-state index in [0.29, 0.717) is 5.75 Å². The topological polar surface area (TPSA) is 108 Å². The highest BCUT2D eigenvalue weighted by molar-refractivity contribution is 6.05. The number of nitro groups is 1. The maximum absolute atomic E-state index is 12.6. The molecule has 0 amide bonds. The van der Waals surface area contributed by atoms with Crippen LogP contribution in [0, 0.1) is 17.0 Å². The molecular weight excluding hydrogens is 416 g/mol. The van der Waals surface area contributed by atoms with E-state index in [0.717, 1.165) is 5.56 Å². The average Bonchev–Trinajstić information content (AvgIpc) is 3.01. The van der Waals surface area contributed by atoms with Crippen LogP contribution in [0.4, 0.5) is 11.4 Å². The van der Waals surface area contributed by atoms with Crippen LogP contribution in [0.15, 0.2) is 78.2 Å². The first-order chi connectivity index (χ1) is 15.3. The molecular formula is C23H20N2O7. The molecule has 0 fully saturated rings. The number of anilines is 1. The van der Waals surface area contributed by atoms with Crippen molar-refractivity contribution in [3.05, 3.63) is 93.8 Å². The van der Waals surface area contributed by atoms with Gasteiger partial charge in [-0.25, -0.2) is 9.59 Å². The van der Waals surface area contributed by atoms with Crippen LogP contribution in [0.1, 0.15) is 5.56 Å². The van der Waals surface area contributed by atoms with Gasteiger partial charge in [-0.1, -0.05) is 18.2 Å². The Morgan fingerprint density at radius 1 is 0.969 bits per heavy atom. The number of esters is 2. The van der Waals surface area contributed by atoms with Gasteiger partial charge in [0, 0.05) is 18.3 Å². The molecule has 0 aliphatic carbocycles. The van der Waals surface area contributed by atoms with E-state index < -0.39 is 16.9 Å². The Balaban J connectivity index is 2.17. The summed E-state index contributed by atoms with van der Waals surface area (Å²) in [6, 6.07) is 11.2. The van der Waals surface area contributed by atoms with Crippen LogP contribution in [0.2, 0.25) is 0 Å². The first-order valence-electron chi connectivity index (χ1n) is 9.43. The van der Waals surface area contributed by atoms with Crippen molar-refractivity contribution >= 4 is 23.3 Å². The largest absolute Gasteiger partial charge is 0.465 e. The van der Waals surface area contributed by atoms with Crippen LogP contribution in [-0.4, -0.2) is 31.1 Å². The van der Waals surface area contributed by atoms with Crippen molar-refractivity contribution in [3.63, 3.8) is 0 Å². The number of methoxy groups -OCH3 is 2. The van der Waals surface area contributed by atoms with Crippen molar-refractivity contribution in [2.45, 2.75) is 6.92 Å². The second-order valence-corrected chi connectivity index (χ2v) is 6.68. The van der Waals surface area contributed by atoms with E-state index >= 15 is 0 Å². The predicted molar refractivity (Wildman–Crippen MR) is 116 cm³/mol. The number of aryl methyl sites for hydroxylation is 1. The zero-order chi connectivity index (χ0) is 23.3. The highest BCUT2D eigenvalue weighted by atomic mass is 16.6. The Morgan fingerprint density at radius 2 is 1.72 bits per heavy atom. The zero-order valence-electron chi connectivity index (χ0n) is 17.6. The first-order valence-corrected chi connectivity index (χ1v) is 9.43. The summed E-state index contributed by atoms with van der Waals surface area (Å²) in [5.74, 6) is -0.927. The Hall–Kier alpha value is -4.40. The molecule has 0 radical (unpaired) electrons. The lowest BCUT2D eigenvalue weighted by molar-refractivity contribution is -0.384. The summed E-state index contributed by atoms with van der Waals surface area (Å²) in [6.07, 6.45) is 5.99. The predicted octanol–water partition coefficient (Wildman–Crippen LogP) is 4.19. The van der Waals surface area contributed by atoms with Crippen molar-refractivity contribution in [2.75, 3.05) is 19.1 Å². The number of hydrogen-bond donors (Lipinski definition) is 0. The number of ether oxygens (including phenoxy) is 3. The quantitative estimate of drug-likeness (QED) is 0.377. The molecule has 0 N–H and O–H groups in total. The van der Waals surface area contributed by atoms with E-state index in [1.807, 2.05) is 13.0 Å². The lowest BCUT2D eigenvalue weighted by atomic mass is 10.1. The van der Waals surface area contributed by atoms with E-state index in [2.05, 4.69) is 0 Å². The summed E-state index contributed by atoms with van der Waals surface area (Å²) >= 11 is 0. The minimum Gasteiger partial charge on any atom is -0.465 e. The molecule has 32 heavy (non-hydrogen) atoms. The highest BCUT2D eigenvalue weighted by Crippen LogP contribution is 2.35. The number of nitrogens with zero attached hydrogens (tertiary/aromatic N) is 2. The summed E-state index contributed by atoms with van der Waals surface area (Å²) in [7, 11) is 2.35. The van der Waals surface area contributed by atoms with E-state index in [9.17, 15) is 19.7 Å². The lowest BCUT2D eigenvalue weighted by Gasteiger charge is -2.23. The summed E-state index contributed by atoms with van der Waals surface area (Å²) in [6.45, 7) is 1.89. The number of carbonyl (C=O) groups excluding carboxylic acids is 2. The molecule has 2 aromatic rings. The van der Waals surface area contributed by atoms with E-state index in [-0.39, 0.29) is 28.4 Å². The minimum atomic E-state index is -0.825. The van der Waals surface area contributed by atoms with Gasteiger partial charge in [0.05, 0.1) is 36.5 Å². The van der Waals surface area contributed by atoms with Crippen molar-refractivity contribution in [3.8, 4) is 11.5 Å². The molecule has 9 nitrogen and oxygen atoms in total. The number of benzene rings is 2. The highest BCUT2D eigenvalue weighted by Gasteiger charge is 2.28. The van der Waals surface area contributed by atoms with E-state index in [4.69, 9.17) is 14.2 Å². The van der Waals surface area contributed by atoms with Gasteiger partial charge in [-0.05, 0) is 36.8 Å². The van der Waals surface area contributed by atoms with Gasteiger partial charge in [-0.3, -0.25) is 10.1 Å². The summed E-state index contributed by atoms with van der Waals surface area (Å²) in [5.41, 5.74) is 0.667. The van der Waals surface area contributed by atoms with Crippen molar-refractivity contribution < 1.29 is 28.7 Å². The van der Waals surface area contributed by atoms with Crippen LogP contribution in [-0.2, 0) is 19.1 Å². The number of carbonyl (C=O) groups is 2. The van der Waals surface area contributed by atoms with E-state index in [1.165, 1.54) is 55.7 Å². The van der Waals surface area contributed by atoms with Crippen LogP contribution in [0.25, 0.3) is 0 Å². The SMILES string of the molecule is COC(=O)C1=C(C(=O)OC)N(c2cc(Oc3cccc(C)c3)cc([N+](=O)[O-])c2)C=CC=C1. The second kappa shape index (κ2) is 9.61. The van der Waals surface area contributed by atoms with E-state index in [1.54, 1.807) is 24.3 Å². The molecule has 1 heterocycles. The fraction of sp³-hybridized carbons (Fsp3) is 0.130. The number of non-ortho nitro benzene ring substituents is 1. The van der Waals surface area contributed by atoms with Crippen molar-refractivity contribution in [1.29, 1.82) is 0 Å². The normalized spacial score (nSPS) is 12.9. The molecule has 9 heteroatoms. The maximum atomic E-state index is 12.6. The van der Waals surface area contributed by atoms with Gasteiger partial charge in [0.15, 0.2) is 0 Å². The molecule has 0 bridgehead atoms. The molecule has 1 aliphatic heterocycles. The van der Waals surface area contributed by atoms with Gasteiger partial charge < -0.3 is 19.1 Å². The molecule has 1 aliphatic rings. The fourth-order valence-corrected chi connectivity index (χ4v) is 3.05. The standard InChI is InChI=1S/C23H20N2O7/c1-15-7-6-8-18(11-15)32-19-13-16(12-17(14-19)25(28)29)24-10-5-4-9-20(22(26)30-2)21(24)23(27)31-3/h4-14H,1-3H3. The molecule has 0 saturated carbocycles. The van der Waals surface area contributed by atoms with Crippen LogP contribution in [0.3, 0.4) is 0 Å². The Bertz CT molecular complexity index is 1160. The van der Waals surface area contributed by atoms with Gasteiger partial charge in [-0.2, -0.15) is 0 Å². The van der Waals surface area contributed by atoms with Crippen LogP contribution in [0.5, 0.6) is 11.5 Å². The van der Waals surface area contributed by atoms with Crippen molar-refractivity contribution in [2.24, 2.45) is 0 Å². The minimum absolute atomic E-state index is 0.0722. The zero-order valence-corrected chi connectivity index (χ0v) is 17.6. The summed E-state index contributed by atoms with van der Waals surface area (Å²) in [4.78, 5) is 37.2. The average molecular weight is 436 g/mol. The summed E-state index contributed by atoms with van der Waals surface area (Å²) in [5, 5.41) is 11.6. The molecule has 0 spiro atoms. The fourth-order valence-electron chi connectivity index (χ4n) is 3.05. The molecule has 0 saturated heterocycles. The molecule has 0 unspecified atom stereocenters. The third-order valence-corrected chi connectivity index (χ3v) is 4.48. The monoisotopic (exact) mass is 436 g/mol. The Morgan fingerprint density at radius 3 is 2.38 bits per heavy atom. The Labute approximate surface area is 184 Å². The smallest absolute Gasteiger partial charge is 0.355 e. The second-order valence-electron chi connectivity index (χ2n) is 6.68. The third-order valence-electron chi connectivity index (χ3n) is 4.48. The molecule has 0 atom stereocenters. The van der Waals surface area contributed by atoms with Gasteiger partial charge in [0.25, 0.3) is 5.69 Å². The molecule has 3 rings (SSSR count). The van der Waals surface area contributed by atoms with Gasteiger partial charge in [0.1, 0.15) is 17.2 Å². The van der Waals surface area contributed by atoms with Crippen LogP contribution < -0.4 is 9.64 Å². The number of allylic oxidation sites excluding steroid dienone is 2. The molecule has 2 aromatic carbocycles. The Kier molecular flexibility index (Phi) is 6.69. The lowest BCUT2D eigenvalue weighted by Crippen LogP contribution is -2.27. The van der Waals surface area contributed by atoms with Crippen LogP contribution >= 0.6 is 0 Å². The maximum Gasteiger partial charge on any atom is 0.355 e. The number of nitro benzene ring substituents is 1. The van der Waals surface area contributed by atoms with Crippen molar-refractivity contribution in [1.82, 2.24) is 0 Å². The summed E-state index contributed by atoms with van der Waals surface area (Å²) < 4.78 is 15.5. The molecule has 0 aromatic heterocycles. The third kappa shape index (κ3) is 4.84. The number of hydrogen-bond acceptors (Lipinski definition) is 8. The van der Waals surface area contributed by atoms with Gasteiger partial charge >= 0.3 is 11.9 Å². The number of rotatable bonds is 6. The van der Waals surface area contributed by atoms with Gasteiger partial charge in [0.2, 0.25) is 0 Å².